The molecule has 4 heteroatoms. The first-order chi connectivity index (χ1) is 9.20. The normalized spacial score (nSPS) is 10.8. The number of aromatic nitrogens is 2. The van der Waals surface area contributed by atoms with E-state index < -0.39 is 0 Å². The molecule has 4 nitrogen and oxygen atoms in total. The number of anilines is 1. The summed E-state index contributed by atoms with van der Waals surface area (Å²) in [4.78, 5) is 0. The highest BCUT2D eigenvalue weighted by atomic mass is 16.5. The summed E-state index contributed by atoms with van der Waals surface area (Å²) in [5.74, 6) is 0. The van der Waals surface area contributed by atoms with E-state index in [0.717, 1.165) is 35.5 Å². The van der Waals surface area contributed by atoms with Crippen molar-refractivity contribution in [2.24, 2.45) is 7.05 Å². The molecule has 0 aliphatic rings. The van der Waals surface area contributed by atoms with Crippen molar-refractivity contribution in [2.75, 3.05) is 12.3 Å². The molecule has 1 heterocycles. The number of nitrogen functional groups attached to an aromatic ring is 1. The van der Waals surface area contributed by atoms with Crippen LogP contribution in [0.15, 0.2) is 30.3 Å². The van der Waals surface area contributed by atoms with Gasteiger partial charge in [0.1, 0.15) is 0 Å². The van der Waals surface area contributed by atoms with Gasteiger partial charge in [-0.05, 0) is 30.5 Å². The molecule has 0 unspecified atom stereocenters. The number of aryl methyl sites for hydroxylation is 2. The molecule has 1 aromatic carbocycles. The third kappa shape index (κ3) is 3.58. The fourth-order valence-electron chi connectivity index (χ4n) is 2.00. The van der Waals surface area contributed by atoms with Crippen molar-refractivity contribution in [3.05, 3.63) is 47.3 Å². The second-order valence-corrected chi connectivity index (χ2v) is 4.61. The van der Waals surface area contributed by atoms with Gasteiger partial charge in [0.25, 0.3) is 0 Å². The number of hydrogen-bond donors (Lipinski definition) is 1. The lowest BCUT2D eigenvalue weighted by molar-refractivity contribution is 0.118. The van der Waals surface area contributed by atoms with Gasteiger partial charge in [-0.15, -0.1) is 0 Å². The minimum Gasteiger partial charge on any atom is -0.399 e. The average molecular weight is 259 g/mol. The molecule has 2 aromatic rings. The molecule has 0 atom stereocenters. The highest BCUT2D eigenvalue weighted by molar-refractivity contribution is 5.46. The summed E-state index contributed by atoms with van der Waals surface area (Å²) in [6.45, 7) is 3.36. The lowest BCUT2D eigenvalue weighted by Gasteiger charge is -2.06. The Labute approximate surface area is 114 Å². The van der Waals surface area contributed by atoms with E-state index in [-0.39, 0.29) is 0 Å². The van der Waals surface area contributed by atoms with Crippen LogP contribution in [-0.4, -0.2) is 16.4 Å². The zero-order valence-electron chi connectivity index (χ0n) is 11.6. The molecule has 0 saturated heterocycles. The number of rotatable bonds is 6. The van der Waals surface area contributed by atoms with Crippen molar-refractivity contribution in [1.82, 2.24) is 9.78 Å². The van der Waals surface area contributed by atoms with Gasteiger partial charge in [-0.3, -0.25) is 4.68 Å². The molecule has 19 heavy (non-hydrogen) atoms. The Morgan fingerprint density at radius 1 is 1.32 bits per heavy atom. The van der Waals surface area contributed by atoms with Gasteiger partial charge >= 0.3 is 0 Å². The minimum atomic E-state index is 0.593. The van der Waals surface area contributed by atoms with Crippen LogP contribution in [0.25, 0.3) is 0 Å². The lowest BCUT2D eigenvalue weighted by Crippen LogP contribution is -2.04. The van der Waals surface area contributed by atoms with Crippen LogP contribution < -0.4 is 5.73 Å². The summed E-state index contributed by atoms with van der Waals surface area (Å²) in [7, 11) is 1.95. The van der Waals surface area contributed by atoms with Gasteiger partial charge in [-0.1, -0.05) is 25.1 Å². The smallest absolute Gasteiger partial charge is 0.0884 e. The van der Waals surface area contributed by atoms with E-state index in [2.05, 4.69) is 18.1 Å². The van der Waals surface area contributed by atoms with Crippen LogP contribution in [0.3, 0.4) is 0 Å². The highest BCUT2D eigenvalue weighted by Gasteiger charge is 2.04. The topological polar surface area (TPSA) is 53.1 Å². The predicted octanol–water partition coefficient (Wildman–Crippen LogP) is 2.32. The number of ether oxygens (including phenoxy) is 1. The number of hydrogen-bond acceptors (Lipinski definition) is 3. The van der Waals surface area contributed by atoms with Gasteiger partial charge in [0.05, 0.1) is 24.6 Å². The van der Waals surface area contributed by atoms with Crippen molar-refractivity contribution < 1.29 is 4.74 Å². The standard InChI is InChI=1S/C15H21N3O/c1-3-13-10-14(18(2)17-13)11-19-9-8-12-6-4-5-7-15(12)16/h4-7,10H,3,8-9,11,16H2,1-2H3. The van der Waals surface area contributed by atoms with Crippen molar-refractivity contribution in [2.45, 2.75) is 26.4 Å². The Balaban J connectivity index is 1.81. The highest BCUT2D eigenvalue weighted by Crippen LogP contribution is 2.11. The molecule has 2 N–H and O–H groups in total. The zero-order valence-corrected chi connectivity index (χ0v) is 11.6. The molecule has 0 saturated carbocycles. The van der Waals surface area contributed by atoms with Crippen LogP contribution in [0.2, 0.25) is 0 Å². The Morgan fingerprint density at radius 3 is 2.79 bits per heavy atom. The van der Waals surface area contributed by atoms with Crippen molar-refractivity contribution in [3.8, 4) is 0 Å². The summed E-state index contributed by atoms with van der Waals surface area (Å²) in [6, 6.07) is 10.0. The summed E-state index contributed by atoms with van der Waals surface area (Å²) >= 11 is 0. The quantitative estimate of drug-likeness (QED) is 0.640. The number of nitrogens with two attached hydrogens (primary N) is 1. The summed E-state index contributed by atoms with van der Waals surface area (Å²) in [6.07, 6.45) is 1.79. The lowest BCUT2D eigenvalue weighted by atomic mass is 10.1. The van der Waals surface area contributed by atoms with Crippen molar-refractivity contribution in [1.29, 1.82) is 0 Å². The molecule has 0 amide bonds. The number of para-hydroxylation sites is 1. The first-order valence-corrected chi connectivity index (χ1v) is 6.63. The molecule has 0 radical (unpaired) electrons. The average Bonchev–Trinajstić information content (AvgIpc) is 2.77. The van der Waals surface area contributed by atoms with E-state index in [9.17, 15) is 0 Å². The van der Waals surface area contributed by atoms with E-state index in [1.165, 1.54) is 0 Å². The third-order valence-corrected chi connectivity index (χ3v) is 3.21. The first-order valence-electron chi connectivity index (χ1n) is 6.63. The van der Waals surface area contributed by atoms with Crippen LogP contribution >= 0.6 is 0 Å². The van der Waals surface area contributed by atoms with Gasteiger partial charge in [0.2, 0.25) is 0 Å². The SMILES string of the molecule is CCc1cc(COCCc2ccccc2N)n(C)n1. The van der Waals surface area contributed by atoms with Gasteiger partial charge < -0.3 is 10.5 Å². The number of benzene rings is 1. The molecular formula is C15H21N3O. The van der Waals surface area contributed by atoms with Gasteiger partial charge in [0.15, 0.2) is 0 Å². The van der Waals surface area contributed by atoms with Gasteiger partial charge in [-0.25, -0.2) is 0 Å². The Bertz CT molecular complexity index is 534. The fraction of sp³-hybridized carbons (Fsp3) is 0.400. The van der Waals surface area contributed by atoms with E-state index in [4.69, 9.17) is 10.5 Å². The van der Waals surface area contributed by atoms with E-state index in [1.54, 1.807) is 0 Å². The second kappa shape index (κ2) is 6.38. The van der Waals surface area contributed by atoms with E-state index >= 15 is 0 Å². The van der Waals surface area contributed by atoms with Gasteiger partial charge in [-0.2, -0.15) is 5.10 Å². The first kappa shape index (κ1) is 13.6. The van der Waals surface area contributed by atoms with Crippen molar-refractivity contribution in [3.63, 3.8) is 0 Å². The molecule has 0 aliphatic carbocycles. The zero-order chi connectivity index (χ0) is 13.7. The summed E-state index contributed by atoms with van der Waals surface area (Å²) in [5, 5.41) is 4.40. The molecule has 2 rings (SSSR count). The molecule has 0 fully saturated rings. The van der Waals surface area contributed by atoms with Crippen LogP contribution in [0.5, 0.6) is 0 Å². The van der Waals surface area contributed by atoms with Crippen LogP contribution in [0.4, 0.5) is 5.69 Å². The molecule has 102 valence electrons. The molecule has 0 aliphatic heterocycles. The van der Waals surface area contributed by atoms with E-state index in [0.29, 0.717) is 13.2 Å². The Morgan fingerprint density at radius 2 is 2.11 bits per heavy atom. The molecular weight excluding hydrogens is 238 g/mol. The summed E-state index contributed by atoms with van der Waals surface area (Å²) < 4.78 is 7.59. The molecule has 0 bridgehead atoms. The minimum absolute atomic E-state index is 0.593. The summed E-state index contributed by atoms with van der Waals surface area (Å²) in [5.41, 5.74) is 10.1. The monoisotopic (exact) mass is 259 g/mol. The van der Waals surface area contributed by atoms with Crippen LogP contribution in [0.1, 0.15) is 23.9 Å². The molecule has 1 aromatic heterocycles. The predicted molar refractivity (Wildman–Crippen MR) is 76.8 cm³/mol. The van der Waals surface area contributed by atoms with E-state index in [1.807, 2.05) is 36.0 Å². The maximum Gasteiger partial charge on any atom is 0.0884 e. The largest absolute Gasteiger partial charge is 0.399 e. The maximum absolute atomic E-state index is 5.89. The maximum atomic E-state index is 5.89. The van der Waals surface area contributed by atoms with Crippen molar-refractivity contribution >= 4 is 5.69 Å². The second-order valence-electron chi connectivity index (χ2n) is 4.61. The number of nitrogens with zero attached hydrogens (tertiary/aromatic N) is 2. The fourth-order valence-corrected chi connectivity index (χ4v) is 2.00. The Kier molecular flexibility index (Phi) is 4.58. The van der Waals surface area contributed by atoms with Gasteiger partial charge in [0, 0.05) is 12.7 Å². The van der Waals surface area contributed by atoms with Crippen LogP contribution in [0, 0.1) is 0 Å². The molecule has 0 spiro atoms. The third-order valence-electron chi connectivity index (χ3n) is 3.21. The Hall–Kier alpha value is -1.81. The van der Waals surface area contributed by atoms with Crippen LogP contribution in [-0.2, 0) is 31.2 Å².